The second-order valence-corrected chi connectivity index (χ2v) is 4.77. The Morgan fingerprint density at radius 2 is 2.12 bits per heavy atom. The minimum absolute atomic E-state index is 0.140. The van der Waals surface area contributed by atoms with Gasteiger partial charge in [-0.2, -0.15) is 0 Å². The number of benzene rings is 1. The van der Waals surface area contributed by atoms with E-state index < -0.39 is 0 Å². The van der Waals surface area contributed by atoms with Crippen LogP contribution in [-0.2, 0) is 16.1 Å². The van der Waals surface area contributed by atoms with Gasteiger partial charge in [0, 0.05) is 6.42 Å². The zero-order chi connectivity index (χ0) is 11.0. The molecule has 2 nitrogen and oxygen atoms in total. The molecule has 3 atom stereocenters. The van der Waals surface area contributed by atoms with Gasteiger partial charge in [-0.25, -0.2) is 0 Å². The number of fused-ring (bicyclic) bond motifs is 2. The lowest BCUT2D eigenvalue weighted by molar-refractivity contribution is -0.0706. The maximum atomic E-state index is 6.03. The van der Waals surface area contributed by atoms with Gasteiger partial charge in [0.05, 0.1) is 18.3 Å². The van der Waals surface area contributed by atoms with E-state index in [1.807, 2.05) is 18.2 Å². The normalized spacial score (nSPS) is 35.8. The Morgan fingerprint density at radius 1 is 1.31 bits per heavy atom. The highest BCUT2D eigenvalue weighted by molar-refractivity contribution is 5.18. The third-order valence-electron chi connectivity index (χ3n) is 3.44. The van der Waals surface area contributed by atoms with E-state index >= 15 is 0 Å². The summed E-state index contributed by atoms with van der Waals surface area (Å²) in [6.45, 7) is 2.81. The molecule has 3 rings (SSSR count). The van der Waals surface area contributed by atoms with Crippen molar-refractivity contribution in [1.82, 2.24) is 0 Å². The fourth-order valence-electron chi connectivity index (χ4n) is 2.45. The Balaban J connectivity index is 1.66. The zero-order valence-electron chi connectivity index (χ0n) is 9.43. The minimum atomic E-state index is -0.144. The van der Waals surface area contributed by atoms with Gasteiger partial charge < -0.3 is 9.47 Å². The molecular formula is C14H16O2. The second-order valence-electron chi connectivity index (χ2n) is 4.77. The molecule has 0 radical (unpaired) electrons. The van der Waals surface area contributed by atoms with Crippen molar-refractivity contribution in [3.8, 4) is 0 Å². The Bertz CT molecular complexity index is 398. The van der Waals surface area contributed by atoms with Crippen molar-refractivity contribution >= 4 is 0 Å². The largest absolute Gasteiger partial charge is 0.367 e. The first-order valence-corrected chi connectivity index (χ1v) is 5.78. The lowest BCUT2D eigenvalue weighted by atomic mass is 9.91. The minimum Gasteiger partial charge on any atom is -0.367 e. The summed E-state index contributed by atoms with van der Waals surface area (Å²) < 4.78 is 11.8. The molecule has 0 aliphatic carbocycles. The van der Waals surface area contributed by atoms with Crippen molar-refractivity contribution in [3.63, 3.8) is 0 Å². The zero-order valence-corrected chi connectivity index (χ0v) is 9.43. The molecule has 2 heteroatoms. The van der Waals surface area contributed by atoms with E-state index in [1.54, 1.807) is 0 Å². The third kappa shape index (κ3) is 1.68. The molecule has 2 aliphatic heterocycles. The van der Waals surface area contributed by atoms with E-state index in [9.17, 15) is 0 Å². The molecule has 0 amide bonds. The van der Waals surface area contributed by atoms with Gasteiger partial charge in [-0.05, 0) is 12.5 Å². The van der Waals surface area contributed by atoms with Gasteiger partial charge >= 0.3 is 0 Å². The molecule has 2 bridgehead atoms. The lowest BCUT2D eigenvalue weighted by Crippen LogP contribution is -2.37. The summed E-state index contributed by atoms with van der Waals surface area (Å²) in [7, 11) is 0. The first-order valence-electron chi connectivity index (χ1n) is 5.78. The Morgan fingerprint density at radius 3 is 2.75 bits per heavy atom. The van der Waals surface area contributed by atoms with E-state index in [1.165, 1.54) is 5.56 Å². The van der Waals surface area contributed by atoms with Gasteiger partial charge in [0.1, 0.15) is 6.10 Å². The fraction of sp³-hybridized carbons (Fsp3) is 0.429. The van der Waals surface area contributed by atoms with E-state index in [0.29, 0.717) is 6.61 Å². The molecule has 1 aromatic rings. The smallest absolute Gasteiger partial charge is 0.105 e. The molecule has 1 fully saturated rings. The van der Waals surface area contributed by atoms with Gasteiger partial charge in [-0.15, -0.1) is 0 Å². The van der Waals surface area contributed by atoms with Gasteiger partial charge in [0.2, 0.25) is 0 Å². The molecular weight excluding hydrogens is 200 g/mol. The SMILES string of the molecule is C[C@]1(OCc2ccccc2)C[C@H]2C=C[C@@H]1O2. The summed E-state index contributed by atoms with van der Waals surface area (Å²) in [5.74, 6) is 0. The molecule has 0 N–H and O–H groups in total. The summed E-state index contributed by atoms with van der Waals surface area (Å²) >= 11 is 0. The van der Waals surface area contributed by atoms with Crippen LogP contribution in [0.3, 0.4) is 0 Å². The maximum absolute atomic E-state index is 6.03. The average molecular weight is 216 g/mol. The predicted molar refractivity (Wildman–Crippen MR) is 62.1 cm³/mol. The molecule has 0 saturated carbocycles. The van der Waals surface area contributed by atoms with Crippen LogP contribution < -0.4 is 0 Å². The summed E-state index contributed by atoms with van der Waals surface area (Å²) in [5.41, 5.74) is 1.07. The maximum Gasteiger partial charge on any atom is 0.105 e. The Kier molecular flexibility index (Phi) is 2.34. The molecule has 0 unspecified atom stereocenters. The fourth-order valence-corrected chi connectivity index (χ4v) is 2.45. The van der Waals surface area contributed by atoms with Crippen molar-refractivity contribution in [2.75, 3.05) is 0 Å². The first kappa shape index (κ1) is 10.1. The monoisotopic (exact) mass is 216 g/mol. The molecule has 2 aliphatic rings. The van der Waals surface area contributed by atoms with Gasteiger partial charge in [-0.3, -0.25) is 0 Å². The number of ether oxygens (including phenoxy) is 2. The van der Waals surface area contributed by atoms with Crippen LogP contribution in [0.15, 0.2) is 42.5 Å². The molecule has 0 spiro atoms. The van der Waals surface area contributed by atoms with Crippen molar-refractivity contribution in [2.24, 2.45) is 0 Å². The standard InChI is InChI=1S/C14H16O2/c1-14(9-12-7-8-13(14)16-12)15-10-11-5-3-2-4-6-11/h2-8,12-13H,9-10H2,1H3/t12-,13+,14+/m1/s1. The Hall–Kier alpha value is -1.12. The van der Waals surface area contributed by atoms with Crippen LogP contribution in [0.2, 0.25) is 0 Å². The van der Waals surface area contributed by atoms with E-state index in [-0.39, 0.29) is 17.8 Å². The molecule has 16 heavy (non-hydrogen) atoms. The number of hydrogen-bond donors (Lipinski definition) is 0. The number of rotatable bonds is 3. The summed E-state index contributed by atoms with van der Waals surface area (Å²) in [6.07, 6.45) is 5.64. The Labute approximate surface area is 95.9 Å². The van der Waals surface area contributed by atoms with Crippen molar-refractivity contribution in [2.45, 2.75) is 37.8 Å². The van der Waals surface area contributed by atoms with Crippen molar-refractivity contribution in [3.05, 3.63) is 48.0 Å². The highest BCUT2D eigenvalue weighted by Gasteiger charge is 2.47. The quantitative estimate of drug-likeness (QED) is 0.723. The van der Waals surface area contributed by atoms with Gasteiger partial charge in [-0.1, -0.05) is 42.5 Å². The van der Waals surface area contributed by atoms with Crippen LogP contribution in [-0.4, -0.2) is 17.8 Å². The van der Waals surface area contributed by atoms with Crippen LogP contribution >= 0.6 is 0 Å². The predicted octanol–water partition coefficient (Wildman–Crippen LogP) is 2.69. The van der Waals surface area contributed by atoms with Crippen LogP contribution in [0, 0.1) is 0 Å². The van der Waals surface area contributed by atoms with Crippen molar-refractivity contribution < 1.29 is 9.47 Å². The van der Waals surface area contributed by atoms with Crippen LogP contribution in [0.4, 0.5) is 0 Å². The molecule has 0 aromatic heterocycles. The van der Waals surface area contributed by atoms with Crippen LogP contribution in [0.5, 0.6) is 0 Å². The molecule has 1 aromatic carbocycles. The van der Waals surface area contributed by atoms with Crippen LogP contribution in [0.25, 0.3) is 0 Å². The topological polar surface area (TPSA) is 18.5 Å². The number of hydrogen-bond acceptors (Lipinski definition) is 2. The van der Waals surface area contributed by atoms with E-state index in [4.69, 9.17) is 9.47 Å². The van der Waals surface area contributed by atoms with E-state index in [2.05, 4.69) is 31.2 Å². The second kappa shape index (κ2) is 3.72. The molecule has 1 saturated heterocycles. The third-order valence-corrected chi connectivity index (χ3v) is 3.44. The summed E-state index contributed by atoms with van der Waals surface area (Å²) in [6, 6.07) is 10.3. The summed E-state index contributed by atoms with van der Waals surface area (Å²) in [5, 5.41) is 0. The van der Waals surface area contributed by atoms with Gasteiger partial charge in [0.25, 0.3) is 0 Å². The highest BCUT2D eigenvalue weighted by Crippen LogP contribution is 2.39. The highest BCUT2D eigenvalue weighted by atomic mass is 16.6. The lowest BCUT2D eigenvalue weighted by Gasteiger charge is -2.29. The molecule has 2 heterocycles. The first-order chi connectivity index (χ1) is 7.76. The molecule has 84 valence electrons. The van der Waals surface area contributed by atoms with Crippen LogP contribution in [0.1, 0.15) is 18.9 Å². The van der Waals surface area contributed by atoms with Crippen molar-refractivity contribution in [1.29, 1.82) is 0 Å². The van der Waals surface area contributed by atoms with Gasteiger partial charge in [0.15, 0.2) is 0 Å². The summed E-state index contributed by atoms with van der Waals surface area (Å²) in [4.78, 5) is 0. The van der Waals surface area contributed by atoms with E-state index in [0.717, 1.165) is 6.42 Å². The average Bonchev–Trinajstić information content (AvgIpc) is 2.88.